The number of aromatic nitrogens is 4. The molecule has 2 aliphatic rings. The number of nitrogens with zero attached hydrogens (tertiary/aromatic N) is 4. The molecule has 1 N–H and O–H groups in total. The van der Waals surface area contributed by atoms with E-state index in [4.69, 9.17) is 9.47 Å². The van der Waals surface area contributed by atoms with Gasteiger partial charge in [-0.1, -0.05) is 11.8 Å². The van der Waals surface area contributed by atoms with Gasteiger partial charge >= 0.3 is 0 Å². The summed E-state index contributed by atoms with van der Waals surface area (Å²) in [5.41, 5.74) is 6.29. The van der Waals surface area contributed by atoms with Gasteiger partial charge in [0, 0.05) is 28.9 Å². The van der Waals surface area contributed by atoms with Crippen LogP contribution in [0.4, 0.5) is 0 Å². The molecule has 0 fully saturated rings. The molecule has 4 heterocycles. The van der Waals surface area contributed by atoms with Gasteiger partial charge in [-0.15, -0.1) is 10.2 Å². The van der Waals surface area contributed by atoms with Gasteiger partial charge in [-0.05, 0) is 30.3 Å². The molecule has 0 amide bonds. The summed E-state index contributed by atoms with van der Waals surface area (Å²) >= 11 is 1.52. The molecule has 0 spiro atoms. The zero-order valence-electron chi connectivity index (χ0n) is 13.0. The first-order chi connectivity index (χ1) is 12.4. The maximum Gasteiger partial charge on any atom is 0.214 e. The Hall–Kier alpha value is -3.00. The van der Waals surface area contributed by atoms with Crippen molar-refractivity contribution in [3.8, 4) is 22.9 Å². The van der Waals surface area contributed by atoms with Crippen molar-refractivity contribution in [2.75, 3.05) is 18.6 Å². The van der Waals surface area contributed by atoms with Crippen molar-refractivity contribution in [2.24, 2.45) is 0 Å². The standard InChI is InChI=1S/C17H13N5O2S/c1-2-14-15(24-8-7-23-14)9-12(1)13-10-25-17-20-19-16(22(17)21-13)11-3-5-18-6-4-11/h1-6,9-10,21H,7-8H2. The molecule has 5 rings (SSSR count). The number of fused-ring (bicyclic) bond motifs is 2. The van der Waals surface area contributed by atoms with E-state index in [0.717, 1.165) is 39.3 Å². The third-order valence-electron chi connectivity index (χ3n) is 3.94. The van der Waals surface area contributed by atoms with Gasteiger partial charge in [-0.25, -0.2) is 4.68 Å². The van der Waals surface area contributed by atoms with Crippen LogP contribution in [0, 0.1) is 0 Å². The second-order valence-corrected chi connectivity index (χ2v) is 6.33. The third-order valence-corrected chi connectivity index (χ3v) is 4.77. The molecule has 7 nitrogen and oxygen atoms in total. The molecular weight excluding hydrogens is 338 g/mol. The van der Waals surface area contributed by atoms with Crippen LogP contribution in [0.15, 0.2) is 53.3 Å². The van der Waals surface area contributed by atoms with Gasteiger partial charge in [0.25, 0.3) is 0 Å². The van der Waals surface area contributed by atoms with Gasteiger partial charge in [-0.3, -0.25) is 10.4 Å². The lowest BCUT2D eigenvalue weighted by Gasteiger charge is -2.22. The maximum absolute atomic E-state index is 5.68. The van der Waals surface area contributed by atoms with Gasteiger partial charge in [0.2, 0.25) is 5.16 Å². The summed E-state index contributed by atoms with van der Waals surface area (Å²) in [6.07, 6.45) is 3.48. The highest BCUT2D eigenvalue weighted by Gasteiger charge is 2.21. The fraction of sp³-hybridized carbons (Fsp3) is 0.118. The molecule has 1 aromatic carbocycles. The minimum atomic E-state index is 0.569. The smallest absolute Gasteiger partial charge is 0.214 e. The number of hydrogen-bond donors (Lipinski definition) is 1. The van der Waals surface area contributed by atoms with E-state index in [1.165, 1.54) is 11.8 Å². The first-order valence-corrected chi connectivity index (χ1v) is 8.66. The van der Waals surface area contributed by atoms with Crippen LogP contribution in [0.2, 0.25) is 0 Å². The van der Waals surface area contributed by atoms with Crippen LogP contribution in [0.1, 0.15) is 5.56 Å². The van der Waals surface area contributed by atoms with E-state index in [-0.39, 0.29) is 0 Å². The van der Waals surface area contributed by atoms with Crippen molar-refractivity contribution in [3.05, 3.63) is 53.7 Å². The second kappa shape index (κ2) is 5.82. The van der Waals surface area contributed by atoms with Crippen molar-refractivity contribution in [3.63, 3.8) is 0 Å². The van der Waals surface area contributed by atoms with Gasteiger partial charge < -0.3 is 9.47 Å². The predicted octanol–water partition coefficient (Wildman–Crippen LogP) is 2.76. The Morgan fingerprint density at radius 2 is 1.80 bits per heavy atom. The first-order valence-electron chi connectivity index (χ1n) is 7.78. The summed E-state index contributed by atoms with van der Waals surface area (Å²) in [4.78, 5) is 4.05. The molecule has 0 aliphatic carbocycles. The second-order valence-electron chi connectivity index (χ2n) is 5.50. The average molecular weight is 351 g/mol. The Balaban J connectivity index is 1.49. The van der Waals surface area contributed by atoms with Gasteiger partial charge in [-0.2, -0.15) is 0 Å². The number of pyridine rings is 1. The van der Waals surface area contributed by atoms with Crippen LogP contribution >= 0.6 is 11.8 Å². The predicted molar refractivity (Wildman–Crippen MR) is 93.9 cm³/mol. The highest BCUT2D eigenvalue weighted by molar-refractivity contribution is 8.02. The molecule has 0 unspecified atom stereocenters. The molecule has 0 saturated heterocycles. The molecule has 25 heavy (non-hydrogen) atoms. The Labute approximate surface area is 147 Å². The number of thioether (sulfide) groups is 1. The van der Waals surface area contributed by atoms with Crippen LogP contribution in [0.25, 0.3) is 17.1 Å². The molecular formula is C17H13N5O2S. The fourth-order valence-electron chi connectivity index (χ4n) is 2.74. The number of nitrogens with one attached hydrogen (secondary N) is 1. The van der Waals surface area contributed by atoms with Gasteiger partial charge in [0.05, 0.1) is 5.70 Å². The summed E-state index contributed by atoms with van der Waals surface area (Å²) in [7, 11) is 0. The lowest BCUT2D eigenvalue weighted by molar-refractivity contribution is 0.171. The highest BCUT2D eigenvalue weighted by Crippen LogP contribution is 2.36. The van der Waals surface area contributed by atoms with Crippen LogP contribution < -0.4 is 14.9 Å². The zero-order valence-corrected chi connectivity index (χ0v) is 13.9. The Kier molecular flexibility index (Phi) is 3.34. The van der Waals surface area contributed by atoms with E-state index in [1.54, 1.807) is 12.4 Å². The quantitative estimate of drug-likeness (QED) is 0.761. The SMILES string of the molecule is C1=C(c2ccc3c(c2)OCCO3)Nn2c(nnc2-c2ccncc2)S1. The number of hydrogen-bond acceptors (Lipinski definition) is 7. The molecule has 0 radical (unpaired) electrons. The van der Waals surface area contributed by atoms with Crippen molar-refractivity contribution in [2.45, 2.75) is 5.16 Å². The number of ether oxygens (including phenoxy) is 2. The van der Waals surface area contributed by atoms with Crippen molar-refractivity contribution in [1.82, 2.24) is 19.9 Å². The normalized spacial score (nSPS) is 15.1. The Morgan fingerprint density at radius 3 is 2.68 bits per heavy atom. The summed E-state index contributed by atoms with van der Waals surface area (Å²) in [6, 6.07) is 9.74. The van der Waals surface area contributed by atoms with E-state index in [1.807, 2.05) is 40.4 Å². The van der Waals surface area contributed by atoms with Crippen LogP contribution in [0.5, 0.6) is 11.5 Å². The van der Waals surface area contributed by atoms with Crippen LogP contribution in [0.3, 0.4) is 0 Å². The monoisotopic (exact) mass is 351 g/mol. The van der Waals surface area contributed by atoms with E-state index < -0.39 is 0 Å². The van der Waals surface area contributed by atoms with E-state index in [0.29, 0.717) is 13.2 Å². The van der Waals surface area contributed by atoms with Crippen LogP contribution in [-0.4, -0.2) is 33.1 Å². The number of benzene rings is 1. The molecule has 8 heteroatoms. The van der Waals surface area contributed by atoms with Crippen molar-refractivity contribution in [1.29, 1.82) is 0 Å². The number of rotatable bonds is 2. The largest absolute Gasteiger partial charge is 0.486 e. The van der Waals surface area contributed by atoms with Crippen molar-refractivity contribution >= 4 is 17.5 Å². The average Bonchev–Trinajstić information content (AvgIpc) is 3.11. The maximum atomic E-state index is 5.68. The lowest BCUT2D eigenvalue weighted by Crippen LogP contribution is -2.19. The van der Waals surface area contributed by atoms with Gasteiger partial charge in [0.1, 0.15) is 13.2 Å². The topological polar surface area (TPSA) is 74.1 Å². The zero-order chi connectivity index (χ0) is 16.6. The van der Waals surface area contributed by atoms with E-state index >= 15 is 0 Å². The molecule has 0 atom stereocenters. The minimum Gasteiger partial charge on any atom is -0.486 e. The molecule has 0 saturated carbocycles. The summed E-state index contributed by atoms with van der Waals surface area (Å²) in [5.74, 6) is 2.29. The summed E-state index contributed by atoms with van der Waals surface area (Å²) < 4.78 is 13.1. The lowest BCUT2D eigenvalue weighted by atomic mass is 10.1. The van der Waals surface area contributed by atoms with Crippen molar-refractivity contribution < 1.29 is 9.47 Å². The highest BCUT2D eigenvalue weighted by atomic mass is 32.2. The van der Waals surface area contributed by atoms with E-state index in [2.05, 4.69) is 20.6 Å². The fourth-order valence-corrected chi connectivity index (χ4v) is 3.47. The Bertz CT molecular complexity index is 970. The molecule has 0 bridgehead atoms. The minimum absolute atomic E-state index is 0.569. The Morgan fingerprint density at radius 1 is 0.960 bits per heavy atom. The van der Waals surface area contributed by atoms with Crippen LogP contribution in [-0.2, 0) is 0 Å². The third kappa shape index (κ3) is 2.51. The van der Waals surface area contributed by atoms with E-state index in [9.17, 15) is 0 Å². The summed E-state index contributed by atoms with van der Waals surface area (Å²) in [6.45, 7) is 1.15. The summed E-state index contributed by atoms with van der Waals surface area (Å²) in [5, 5.41) is 11.3. The molecule has 2 aromatic heterocycles. The molecule has 124 valence electrons. The van der Waals surface area contributed by atoms with Gasteiger partial charge in [0.15, 0.2) is 17.3 Å². The first kappa shape index (κ1) is 14.4. The molecule has 2 aliphatic heterocycles. The molecule has 3 aromatic rings.